The van der Waals surface area contributed by atoms with E-state index in [4.69, 9.17) is 10.8 Å². The van der Waals surface area contributed by atoms with Crippen LogP contribution in [-0.2, 0) is 0 Å². The molecule has 1 aromatic carbocycles. The highest BCUT2D eigenvalue weighted by molar-refractivity contribution is 5.64. The monoisotopic (exact) mass is 194 g/mol. The van der Waals surface area contributed by atoms with E-state index < -0.39 is 6.09 Å². The third-order valence-corrected chi connectivity index (χ3v) is 2.07. The van der Waals surface area contributed by atoms with Crippen molar-refractivity contribution in [3.05, 3.63) is 35.9 Å². The minimum Gasteiger partial charge on any atom is -0.465 e. The first-order chi connectivity index (χ1) is 6.61. The summed E-state index contributed by atoms with van der Waals surface area (Å²) in [5, 5.41) is 10.8. The number of nitrogens with one attached hydrogen (secondary N) is 1. The van der Waals surface area contributed by atoms with Crippen LogP contribution >= 0.6 is 0 Å². The van der Waals surface area contributed by atoms with Crippen LogP contribution in [0.4, 0.5) is 4.79 Å². The molecule has 14 heavy (non-hydrogen) atoms. The molecule has 1 amide bonds. The second-order valence-corrected chi connectivity index (χ2v) is 3.17. The van der Waals surface area contributed by atoms with Gasteiger partial charge in [0.1, 0.15) is 0 Å². The average molecular weight is 194 g/mol. The predicted molar refractivity (Wildman–Crippen MR) is 54.0 cm³/mol. The van der Waals surface area contributed by atoms with E-state index in [1.54, 1.807) is 6.92 Å². The maximum absolute atomic E-state index is 10.4. The topological polar surface area (TPSA) is 75.3 Å². The van der Waals surface area contributed by atoms with E-state index in [9.17, 15) is 4.79 Å². The summed E-state index contributed by atoms with van der Waals surface area (Å²) in [7, 11) is 0. The molecular formula is C10H14N2O2. The van der Waals surface area contributed by atoms with Gasteiger partial charge in [-0.05, 0) is 12.5 Å². The molecule has 0 saturated heterocycles. The summed E-state index contributed by atoms with van der Waals surface area (Å²) in [6.45, 7) is 1.74. The molecule has 0 bridgehead atoms. The Balaban J connectivity index is 2.65. The summed E-state index contributed by atoms with van der Waals surface area (Å²) in [6, 6.07) is 8.80. The molecular weight excluding hydrogens is 180 g/mol. The van der Waals surface area contributed by atoms with Gasteiger partial charge in [0.15, 0.2) is 0 Å². The van der Waals surface area contributed by atoms with E-state index >= 15 is 0 Å². The van der Waals surface area contributed by atoms with Crippen LogP contribution in [0.2, 0.25) is 0 Å². The maximum atomic E-state index is 10.4. The zero-order valence-electron chi connectivity index (χ0n) is 7.97. The van der Waals surface area contributed by atoms with E-state index in [2.05, 4.69) is 5.32 Å². The SMILES string of the molecule is C[C@H](NC(=O)O)C(N)c1ccccc1. The molecule has 0 saturated carbocycles. The molecule has 4 N–H and O–H groups in total. The van der Waals surface area contributed by atoms with Gasteiger partial charge >= 0.3 is 6.09 Å². The van der Waals surface area contributed by atoms with Crippen LogP contribution in [-0.4, -0.2) is 17.2 Å². The summed E-state index contributed by atoms with van der Waals surface area (Å²) < 4.78 is 0. The first-order valence-electron chi connectivity index (χ1n) is 4.41. The fourth-order valence-corrected chi connectivity index (χ4v) is 1.25. The first-order valence-corrected chi connectivity index (χ1v) is 4.41. The minimum absolute atomic E-state index is 0.296. The van der Waals surface area contributed by atoms with Crippen molar-refractivity contribution in [2.24, 2.45) is 5.73 Å². The van der Waals surface area contributed by atoms with Crippen LogP contribution in [0.25, 0.3) is 0 Å². The summed E-state index contributed by atoms with van der Waals surface area (Å²) in [4.78, 5) is 10.4. The molecule has 0 spiro atoms. The molecule has 2 atom stereocenters. The maximum Gasteiger partial charge on any atom is 0.404 e. The Morgan fingerprint density at radius 1 is 1.43 bits per heavy atom. The van der Waals surface area contributed by atoms with Crippen LogP contribution in [0.5, 0.6) is 0 Å². The number of carboxylic acid groups (broad SMARTS) is 1. The normalized spacial score (nSPS) is 14.4. The summed E-state index contributed by atoms with van der Waals surface area (Å²) in [5.41, 5.74) is 6.79. The number of hydrogen-bond donors (Lipinski definition) is 3. The van der Waals surface area contributed by atoms with E-state index in [0.29, 0.717) is 0 Å². The van der Waals surface area contributed by atoms with Crippen molar-refractivity contribution in [3.63, 3.8) is 0 Å². The molecule has 1 aromatic rings. The zero-order valence-corrected chi connectivity index (χ0v) is 7.97. The van der Waals surface area contributed by atoms with Gasteiger partial charge in [0, 0.05) is 12.1 Å². The Kier molecular flexibility index (Phi) is 3.48. The highest BCUT2D eigenvalue weighted by Crippen LogP contribution is 2.12. The molecule has 4 nitrogen and oxygen atoms in total. The molecule has 0 radical (unpaired) electrons. The smallest absolute Gasteiger partial charge is 0.404 e. The van der Waals surface area contributed by atoms with Gasteiger partial charge in [0.2, 0.25) is 0 Å². The quantitative estimate of drug-likeness (QED) is 0.679. The Morgan fingerprint density at radius 3 is 2.50 bits per heavy atom. The molecule has 76 valence electrons. The number of amides is 1. The van der Waals surface area contributed by atoms with Gasteiger partial charge < -0.3 is 16.2 Å². The predicted octanol–water partition coefficient (Wildman–Crippen LogP) is 1.34. The first kappa shape index (κ1) is 10.5. The van der Waals surface area contributed by atoms with Gasteiger partial charge in [-0.15, -0.1) is 0 Å². The van der Waals surface area contributed by atoms with Gasteiger partial charge in [0.25, 0.3) is 0 Å². The van der Waals surface area contributed by atoms with E-state index in [0.717, 1.165) is 5.56 Å². The fourth-order valence-electron chi connectivity index (χ4n) is 1.25. The van der Waals surface area contributed by atoms with Crippen LogP contribution in [0.15, 0.2) is 30.3 Å². The highest BCUT2D eigenvalue weighted by Gasteiger charge is 2.15. The van der Waals surface area contributed by atoms with E-state index in [1.165, 1.54) is 0 Å². The lowest BCUT2D eigenvalue weighted by atomic mass is 10.0. The summed E-state index contributed by atoms with van der Waals surface area (Å²) in [5.74, 6) is 0. The van der Waals surface area contributed by atoms with Crippen molar-refractivity contribution in [3.8, 4) is 0 Å². The lowest BCUT2D eigenvalue weighted by Crippen LogP contribution is -2.39. The van der Waals surface area contributed by atoms with Gasteiger partial charge in [0.05, 0.1) is 0 Å². The van der Waals surface area contributed by atoms with Crippen molar-refractivity contribution < 1.29 is 9.90 Å². The van der Waals surface area contributed by atoms with Gasteiger partial charge in [-0.25, -0.2) is 4.79 Å². The molecule has 0 fully saturated rings. The third-order valence-electron chi connectivity index (χ3n) is 2.07. The van der Waals surface area contributed by atoms with Crippen LogP contribution in [0.3, 0.4) is 0 Å². The summed E-state index contributed by atoms with van der Waals surface area (Å²) >= 11 is 0. The minimum atomic E-state index is -1.05. The number of rotatable bonds is 3. The molecule has 0 heterocycles. The Labute approximate surface area is 82.7 Å². The molecule has 0 aliphatic rings. The largest absolute Gasteiger partial charge is 0.465 e. The lowest BCUT2D eigenvalue weighted by Gasteiger charge is -2.19. The molecule has 0 aliphatic heterocycles. The Morgan fingerprint density at radius 2 is 2.00 bits per heavy atom. The fraction of sp³-hybridized carbons (Fsp3) is 0.300. The number of carbonyl (C=O) groups is 1. The van der Waals surface area contributed by atoms with Crippen LogP contribution in [0, 0.1) is 0 Å². The lowest BCUT2D eigenvalue weighted by molar-refractivity contribution is 0.189. The molecule has 1 unspecified atom stereocenters. The molecule has 1 rings (SSSR count). The van der Waals surface area contributed by atoms with E-state index in [-0.39, 0.29) is 12.1 Å². The van der Waals surface area contributed by atoms with Gasteiger partial charge in [-0.1, -0.05) is 30.3 Å². The van der Waals surface area contributed by atoms with Crippen LogP contribution in [0.1, 0.15) is 18.5 Å². The van der Waals surface area contributed by atoms with E-state index in [1.807, 2.05) is 30.3 Å². The molecule has 0 aromatic heterocycles. The average Bonchev–Trinajstić information content (AvgIpc) is 2.17. The van der Waals surface area contributed by atoms with Crippen molar-refractivity contribution in [2.45, 2.75) is 19.0 Å². The van der Waals surface area contributed by atoms with Crippen molar-refractivity contribution in [1.29, 1.82) is 0 Å². The van der Waals surface area contributed by atoms with Crippen molar-refractivity contribution >= 4 is 6.09 Å². The van der Waals surface area contributed by atoms with Crippen molar-refractivity contribution in [2.75, 3.05) is 0 Å². The number of nitrogens with two attached hydrogens (primary N) is 1. The second kappa shape index (κ2) is 4.62. The number of hydrogen-bond acceptors (Lipinski definition) is 2. The Bertz CT molecular complexity index is 300. The second-order valence-electron chi connectivity index (χ2n) is 3.17. The van der Waals surface area contributed by atoms with Crippen LogP contribution < -0.4 is 11.1 Å². The zero-order chi connectivity index (χ0) is 10.6. The van der Waals surface area contributed by atoms with Gasteiger partial charge in [-0.3, -0.25) is 0 Å². The number of benzene rings is 1. The molecule has 4 heteroatoms. The summed E-state index contributed by atoms with van der Waals surface area (Å²) in [6.07, 6.45) is -1.05. The standard InChI is InChI=1S/C10H14N2O2/c1-7(12-10(13)14)9(11)8-5-3-2-4-6-8/h2-7,9,12H,11H2,1H3,(H,13,14)/t7-,9?/m0/s1. The third kappa shape index (κ3) is 2.74. The van der Waals surface area contributed by atoms with Gasteiger partial charge in [-0.2, -0.15) is 0 Å². The Hall–Kier alpha value is -1.55. The highest BCUT2D eigenvalue weighted by atomic mass is 16.4. The van der Waals surface area contributed by atoms with Crippen molar-refractivity contribution in [1.82, 2.24) is 5.32 Å². The molecule has 0 aliphatic carbocycles.